The highest BCUT2D eigenvalue weighted by Crippen LogP contribution is 2.30. The van der Waals surface area contributed by atoms with Crippen LogP contribution in [-0.2, 0) is 14.8 Å². The molecule has 8 heteroatoms. The van der Waals surface area contributed by atoms with Crippen LogP contribution in [0.15, 0.2) is 47.4 Å². The quantitative estimate of drug-likeness (QED) is 0.849. The van der Waals surface area contributed by atoms with Gasteiger partial charge in [0, 0.05) is 18.3 Å². The van der Waals surface area contributed by atoms with Crippen LogP contribution in [0.1, 0.15) is 18.4 Å². The lowest BCUT2D eigenvalue weighted by molar-refractivity contribution is -0.119. The third kappa shape index (κ3) is 3.96. The molecule has 1 unspecified atom stereocenters. The predicted molar refractivity (Wildman–Crippen MR) is 99.7 cm³/mol. The first-order valence-corrected chi connectivity index (χ1v) is 10.00. The third-order valence-electron chi connectivity index (χ3n) is 4.58. The number of benzene rings is 2. The molecule has 1 fully saturated rings. The van der Waals surface area contributed by atoms with Crippen LogP contribution in [0.3, 0.4) is 0 Å². The lowest BCUT2D eigenvalue weighted by atomic mass is 10.2. The van der Waals surface area contributed by atoms with E-state index in [1.807, 2.05) is 0 Å². The van der Waals surface area contributed by atoms with Gasteiger partial charge in [0.2, 0.25) is 15.9 Å². The zero-order chi connectivity index (χ0) is 19.6. The Morgan fingerprint density at radius 2 is 2.04 bits per heavy atom. The number of carbonyl (C=O) groups excluding carboxylic acids is 1. The zero-order valence-electron chi connectivity index (χ0n) is 15.1. The van der Waals surface area contributed by atoms with Crippen molar-refractivity contribution in [3.8, 4) is 5.75 Å². The summed E-state index contributed by atoms with van der Waals surface area (Å²) < 4.78 is 46.0. The van der Waals surface area contributed by atoms with Crippen molar-refractivity contribution in [3.63, 3.8) is 0 Å². The van der Waals surface area contributed by atoms with Gasteiger partial charge in [-0.25, -0.2) is 12.8 Å². The van der Waals surface area contributed by atoms with Gasteiger partial charge in [-0.05, 0) is 49.6 Å². The standard InChI is InChI=1S/C19H21FN2O4S/c1-13-8-9-16(26-2)12-18(13)27(24,25)22-10-4-7-17(22)19(23)21-15-6-3-5-14(20)11-15/h3,5-6,8-9,11-12,17H,4,7,10H2,1-2H3,(H,21,23). The summed E-state index contributed by atoms with van der Waals surface area (Å²) in [6, 6.07) is 9.48. The van der Waals surface area contributed by atoms with Crippen molar-refractivity contribution in [1.82, 2.24) is 4.31 Å². The van der Waals surface area contributed by atoms with E-state index in [0.717, 1.165) is 0 Å². The summed E-state index contributed by atoms with van der Waals surface area (Å²) in [5, 5.41) is 2.61. The number of nitrogens with zero attached hydrogens (tertiary/aromatic N) is 1. The van der Waals surface area contributed by atoms with Crippen molar-refractivity contribution in [1.29, 1.82) is 0 Å². The van der Waals surface area contributed by atoms with Gasteiger partial charge in [0.1, 0.15) is 17.6 Å². The molecule has 0 saturated carbocycles. The molecule has 0 aliphatic carbocycles. The summed E-state index contributed by atoms with van der Waals surface area (Å²) in [6.07, 6.45) is 0.979. The highest BCUT2D eigenvalue weighted by molar-refractivity contribution is 7.89. The Balaban J connectivity index is 1.88. The first-order chi connectivity index (χ1) is 12.8. The molecule has 1 saturated heterocycles. The number of anilines is 1. The van der Waals surface area contributed by atoms with Crippen LogP contribution in [0, 0.1) is 12.7 Å². The Kier molecular flexibility index (Phi) is 5.48. The molecule has 1 atom stereocenters. The lowest BCUT2D eigenvalue weighted by Gasteiger charge is -2.24. The molecule has 144 valence electrons. The van der Waals surface area contributed by atoms with Crippen molar-refractivity contribution in [2.24, 2.45) is 0 Å². The number of hydrogen-bond donors (Lipinski definition) is 1. The van der Waals surface area contributed by atoms with Gasteiger partial charge >= 0.3 is 0 Å². The number of halogens is 1. The van der Waals surface area contributed by atoms with Crippen molar-refractivity contribution >= 4 is 21.6 Å². The number of aryl methyl sites for hydroxylation is 1. The number of hydrogen-bond acceptors (Lipinski definition) is 4. The van der Waals surface area contributed by atoms with Gasteiger partial charge < -0.3 is 10.1 Å². The van der Waals surface area contributed by atoms with Crippen LogP contribution in [0.5, 0.6) is 5.75 Å². The smallest absolute Gasteiger partial charge is 0.244 e. The fraction of sp³-hybridized carbons (Fsp3) is 0.316. The molecule has 1 heterocycles. The molecular formula is C19H21FN2O4S. The molecule has 0 bridgehead atoms. The maximum Gasteiger partial charge on any atom is 0.244 e. The Bertz CT molecular complexity index is 962. The summed E-state index contributed by atoms with van der Waals surface area (Å²) >= 11 is 0. The first-order valence-electron chi connectivity index (χ1n) is 8.56. The van der Waals surface area contributed by atoms with Crippen LogP contribution in [0.25, 0.3) is 0 Å². The van der Waals surface area contributed by atoms with E-state index in [2.05, 4.69) is 5.32 Å². The van der Waals surface area contributed by atoms with Gasteiger partial charge in [0.25, 0.3) is 0 Å². The SMILES string of the molecule is COc1ccc(C)c(S(=O)(=O)N2CCCC2C(=O)Nc2cccc(F)c2)c1. The topological polar surface area (TPSA) is 75.7 Å². The van der Waals surface area contributed by atoms with E-state index >= 15 is 0 Å². The molecule has 0 spiro atoms. The van der Waals surface area contributed by atoms with Crippen LogP contribution >= 0.6 is 0 Å². The molecular weight excluding hydrogens is 371 g/mol. The zero-order valence-corrected chi connectivity index (χ0v) is 15.9. The van der Waals surface area contributed by atoms with Crippen molar-refractivity contribution in [2.45, 2.75) is 30.7 Å². The third-order valence-corrected chi connectivity index (χ3v) is 6.63. The number of ether oxygens (including phenoxy) is 1. The van der Waals surface area contributed by atoms with Gasteiger partial charge in [-0.3, -0.25) is 4.79 Å². The minimum absolute atomic E-state index is 0.118. The number of rotatable bonds is 5. The van der Waals surface area contributed by atoms with E-state index in [9.17, 15) is 17.6 Å². The largest absolute Gasteiger partial charge is 0.497 e. The van der Waals surface area contributed by atoms with Crippen molar-refractivity contribution in [3.05, 3.63) is 53.8 Å². The molecule has 27 heavy (non-hydrogen) atoms. The highest BCUT2D eigenvalue weighted by atomic mass is 32.2. The summed E-state index contributed by atoms with van der Waals surface area (Å²) in [6.45, 7) is 1.95. The minimum Gasteiger partial charge on any atom is -0.497 e. The van der Waals surface area contributed by atoms with E-state index in [4.69, 9.17) is 4.74 Å². The summed E-state index contributed by atoms with van der Waals surface area (Å²) in [7, 11) is -2.41. The van der Waals surface area contributed by atoms with Gasteiger partial charge in [0.05, 0.1) is 12.0 Å². The summed E-state index contributed by atoms with van der Waals surface area (Å²) in [5.74, 6) is -0.517. The monoisotopic (exact) mass is 392 g/mol. The van der Waals surface area contributed by atoms with Crippen molar-refractivity contribution in [2.75, 3.05) is 19.0 Å². The molecule has 3 rings (SSSR count). The average molecular weight is 392 g/mol. The Morgan fingerprint density at radius 3 is 2.74 bits per heavy atom. The highest BCUT2D eigenvalue weighted by Gasteiger charge is 2.40. The Hall–Kier alpha value is -2.45. The second kappa shape index (κ2) is 7.66. The predicted octanol–water partition coefficient (Wildman–Crippen LogP) is 2.93. The van der Waals surface area contributed by atoms with Crippen LogP contribution in [0.2, 0.25) is 0 Å². The summed E-state index contributed by atoms with van der Waals surface area (Å²) in [4.78, 5) is 12.8. The number of sulfonamides is 1. The van der Waals surface area contributed by atoms with Crippen LogP contribution < -0.4 is 10.1 Å². The second-order valence-electron chi connectivity index (χ2n) is 6.40. The van der Waals surface area contributed by atoms with Gasteiger partial charge in [0.15, 0.2) is 0 Å². The molecule has 2 aromatic carbocycles. The van der Waals surface area contributed by atoms with Crippen LogP contribution in [0.4, 0.5) is 10.1 Å². The molecule has 1 N–H and O–H groups in total. The van der Waals surface area contributed by atoms with E-state index in [0.29, 0.717) is 29.8 Å². The summed E-state index contributed by atoms with van der Waals surface area (Å²) in [5.41, 5.74) is 0.869. The Morgan fingerprint density at radius 1 is 1.26 bits per heavy atom. The van der Waals surface area contributed by atoms with E-state index in [-0.39, 0.29) is 11.4 Å². The molecule has 1 aliphatic heterocycles. The minimum atomic E-state index is -3.88. The Labute approximate surface area is 158 Å². The fourth-order valence-electron chi connectivity index (χ4n) is 3.19. The fourth-order valence-corrected chi connectivity index (χ4v) is 5.09. The normalized spacial score (nSPS) is 17.7. The van der Waals surface area contributed by atoms with E-state index in [1.165, 1.54) is 35.7 Å². The number of methoxy groups -OCH3 is 1. The molecule has 1 amide bonds. The number of nitrogens with one attached hydrogen (secondary N) is 1. The molecule has 0 radical (unpaired) electrons. The number of amides is 1. The van der Waals surface area contributed by atoms with Gasteiger partial charge in [-0.2, -0.15) is 4.31 Å². The maximum absolute atomic E-state index is 13.3. The maximum atomic E-state index is 13.3. The van der Waals surface area contributed by atoms with Gasteiger partial charge in [-0.15, -0.1) is 0 Å². The number of carbonyl (C=O) groups is 1. The van der Waals surface area contributed by atoms with Gasteiger partial charge in [-0.1, -0.05) is 12.1 Å². The van der Waals surface area contributed by atoms with E-state index < -0.39 is 27.8 Å². The molecule has 1 aliphatic rings. The molecule has 0 aromatic heterocycles. The molecule has 2 aromatic rings. The van der Waals surface area contributed by atoms with E-state index in [1.54, 1.807) is 25.1 Å². The van der Waals surface area contributed by atoms with Crippen LogP contribution in [-0.4, -0.2) is 38.3 Å². The van der Waals surface area contributed by atoms with Crippen molar-refractivity contribution < 1.29 is 22.3 Å². The first kappa shape index (κ1) is 19.3. The second-order valence-corrected chi connectivity index (χ2v) is 8.26. The lowest BCUT2D eigenvalue weighted by Crippen LogP contribution is -2.43. The molecule has 6 nitrogen and oxygen atoms in total. The average Bonchev–Trinajstić information content (AvgIpc) is 3.13.